The van der Waals surface area contributed by atoms with Gasteiger partial charge in [0.2, 0.25) is 0 Å². The Balaban J connectivity index is 1.53. The first-order chi connectivity index (χ1) is 14.7. The lowest BCUT2D eigenvalue weighted by Crippen LogP contribution is -2.22. The summed E-state index contributed by atoms with van der Waals surface area (Å²) in [6.45, 7) is -0.476. The maximum atomic E-state index is 12.7. The van der Waals surface area contributed by atoms with Crippen LogP contribution in [0.1, 0.15) is 16.1 Å². The van der Waals surface area contributed by atoms with E-state index in [2.05, 4.69) is 10.4 Å². The molecule has 148 valence electrons. The van der Waals surface area contributed by atoms with Crippen molar-refractivity contribution in [3.05, 3.63) is 76.6 Å². The zero-order valence-corrected chi connectivity index (χ0v) is 17.1. The van der Waals surface area contributed by atoms with Crippen LogP contribution in [-0.2, 0) is 9.53 Å². The van der Waals surface area contributed by atoms with E-state index in [1.54, 1.807) is 17.5 Å². The molecule has 0 fully saturated rings. The number of ether oxygens (including phenoxy) is 1. The fourth-order valence-corrected chi connectivity index (χ4v) is 4.13. The van der Waals surface area contributed by atoms with Crippen molar-refractivity contribution in [1.29, 1.82) is 5.26 Å². The lowest BCUT2D eigenvalue weighted by Gasteiger charge is -2.08. The van der Waals surface area contributed by atoms with E-state index < -0.39 is 18.5 Å². The van der Waals surface area contributed by atoms with Crippen LogP contribution >= 0.6 is 22.7 Å². The highest BCUT2D eigenvalue weighted by atomic mass is 32.1. The van der Waals surface area contributed by atoms with Gasteiger partial charge in [-0.25, -0.2) is 9.48 Å². The Kier molecular flexibility index (Phi) is 5.70. The number of nitrogens with zero attached hydrogens (tertiary/aromatic N) is 3. The summed E-state index contributed by atoms with van der Waals surface area (Å²) >= 11 is 2.74. The van der Waals surface area contributed by atoms with Gasteiger partial charge in [-0.15, -0.1) is 22.7 Å². The molecule has 7 nitrogen and oxygen atoms in total. The average Bonchev–Trinajstić information content (AvgIpc) is 3.52. The first-order valence-corrected chi connectivity index (χ1v) is 10.6. The Morgan fingerprint density at radius 2 is 1.93 bits per heavy atom. The molecular weight excluding hydrogens is 420 g/mol. The molecule has 9 heteroatoms. The normalized spacial score (nSPS) is 10.4. The number of carbonyl (C=O) groups is 2. The predicted molar refractivity (Wildman–Crippen MR) is 115 cm³/mol. The van der Waals surface area contributed by atoms with Crippen molar-refractivity contribution in [3.63, 3.8) is 0 Å². The summed E-state index contributed by atoms with van der Waals surface area (Å²) in [6.07, 6.45) is 0. The van der Waals surface area contributed by atoms with Gasteiger partial charge < -0.3 is 10.1 Å². The van der Waals surface area contributed by atoms with Crippen LogP contribution in [0.5, 0.6) is 0 Å². The predicted octanol–water partition coefficient (Wildman–Crippen LogP) is 4.33. The number of rotatable bonds is 6. The molecule has 0 spiro atoms. The van der Waals surface area contributed by atoms with E-state index in [-0.39, 0.29) is 5.69 Å². The highest BCUT2D eigenvalue weighted by Crippen LogP contribution is 2.26. The van der Waals surface area contributed by atoms with Crippen molar-refractivity contribution in [3.8, 4) is 22.3 Å². The molecule has 0 aliphatic heterocycles. The summed E-state index contributed by atoms with van der Waals surface area (Å²) in [5.74, 6) is -1.19. The minimum Gasteiger partial charge on any atom is -0.451 e. The molecule has 0 aliphatic rings. The topological polar surface area (TPSA) is 97.0 Å². The van der Waals surface area contributed by atoms with Crippen molar-refractivity contribution < 1.29 is 14.3 Å². The Hall–Kier alpha value is -3.74. The van der Waals surface area contributed by atoms with E-state index in [0.29, 0.717) is 21.9 Å². The van der Waals surface area contributed by atoms with Crippen LogP contribution in [0.15, 0.2) is 65.4 Å². The van der Waals surface area contributed by atoms with Crippen LogP contribution < -0.4 is 5.32 Å². The summed E-state index contributed by atoms with van der Waals surface area (Å²) < 4.78 is 6.72. The van der Waals surface area contributed by atoms with Gasteiger partial charge in [0.15, 0.2) is 12.3 Å². The smallest absolute Gasteiger partial charge is 0.357 e. The molecular formula is C21H14N4O3S2. The van der Waals surface area contributed by atoms with Gasteiger partial charge in [-0.2, -0.15) is 10.4 Å². The number of hydrogen-bond acceptors (Lipinski definition) is 7. The molecule has 0 unspecified atom stereocenters. The fourth-order valence-electron chi connectivity index (χ4n) is 2.70. The number of anilines is 1. The lowest BCUT2D eigenvalue weighted by molar-refractivity contribution is -0.119. The zero-order valence-electron chi connectivity index (χ0n) is 15.4. The van der Waals surface area contributed by atoms with Crippen molar-refractivity contribution in [2.45, 2.75) is 0 Å². The van der Waals surface area contributed by atoms with Crippen molar-refractivity contribution in [2.24, 2.45) is 0 Å². The van der Waals surface area contributed by atoms with Crippen molar-refractivity contribution in [2.75, 3.05) is 11.9 Å². The van der Waals surface area contributed by atoms with Crippen molar-refractivity contribution in [1.82, 2.24) is 9.78 Å². The number of nitriles is 1. The van der Waals surface area contributed by atoms with Crippen LogP contribution in [-0.4, -0.2) is 28.3 Å². The molecule has 3 aromatic heterocycles. The third-order valence-corrected chi connectivity index (χ3v) is 5.79. The SMILES string of the molecule is N#Cc1ccsc1NC(=O)COC(=O)c1cc(-c2cccs2)nn1-c1ccccc1. The molecule has 0 aliphatic carbocycles. The first kappa shape index (κ1) is 19.6. The molecule has 1 amide bonds. The van der Waals surface area contributed by atoms with Gasteiger partial charge in [-0.05, 0) is 35.0 Å². The van der Waals surface area contributed by atoms with Crippen molar-refractivity contribution >= 4 is 39.6 Å². The van der Waals surface area contributed by atoms with E-state index in [0.717, 1.165) is 4.88 Å². The first-order valence-electron chi connectivity index (χ1n) is 8.79. The molecule has 4 aromatic rings. The number of nitrogens with one attached hydrogen (secondary N) is 1. The highest BCUT2D eigenvalue weighted by Gasteiger charge is 2.20. The van der Waals surface area contributed by atoms with Crippen LogP contribution in [0.3, 0.4) is 0 Å². The van der Waals surface area contributed by atoms with Gasteiger partial charge in [-0.3, -0.25) is 4.79 Å². The maximum Gasteiger partial charge on any atom is 0.357 e. The molecule has 1 aromatic carbocycles. The summed E-state index contributed by atoms with van der Waals surface area (Å²) in [7, 11) is 0. The Morgan fingerprint density at radius 3 is 2.67 bits per heavy atom. The van der Waals surface area contributed by atoms with E-state index in [1.165, 1.54) is 27.4 Å². The second-order valence-electron chi connectivity index (χ2n) is 6.04. The van der Waals surface area contributed by atoms with Gasteiger partial charge in [0.1, 0.15) is 16.8 Å². The van der Waals surface area contributed by atoms with Gasteiger partial charge in [0, 0.05) is 6.07 Å². The van der Waals surface area contributed by atoms with Crippen LogP contribution in [0, 0.1) is 11.3 Å². The average molecular weight is 435 g/mol. The summed E-state index contributed by atoms with van der Waals surface area (Å²) in [5, 5.41) is 20.2. The van der Waals surface area contributed by atoms with Gasteiger partial charge in [0.25, 0.3) is 5.91 Å². The largest absolute Gasteiger partial charge is 0.451 e. The Bertz CT molecular complexity index is 1220. The van der Waals surface area contributed by atoms with Crippen LogP contribution in [0.2, 0.25) is 0 Å². The zero-order chi connectivity index (χ0) is 20.9. The number of para-hydroxylation sites is 1. The van der Waals surface area contributed by atoms with E-state index >= 15 is 0 Å². The quantitative estimate of drug-likeness (QED) is 0.456. The minimum atomic E-state index is -0.670. The highest BCUT2D eigenvalue weighted by molar-refractivity contribution is 7.14. The standard InChI is InChI=1S/C21H14N4O3S2/c22-12-14-8-10-30-20(14)23-19(26)13-28-21(27)17-11-16(18-7-4-9-29-18)24-25(17)15-5-2-1-3-6-15/h1-11H,13H2,(H,23,26). The number of benzene rings is 1. The molecule has 0 atom stereocenters. The number of thiophene rings is 2. The molecule has 4 rings (SSSR count). The summed E-state index contributed by atoms with van der Waals surface area (Å²) in [6, 6.07) is 18.3. The lowest BCUT2D eigenvalue weighted by atomic mass is 10.3. The molecule has 1 N–H and O–H groups in total. The van der Waals surface area contributed by atoms with E-state index in [1.807, 2.05) is 53.9 Å². The molecule has 0 radical (unpaired) electrons. The second kappa shape index (κ2) is 8.73. The Morgan fingerprint density at radius 1 is 1.10 bits per heavy atom. The summed E-state index contributed by atoms with van der Waals surface area (Å²) in [4.78, 5) is 25.8. The maximum absolute atomic E-state index is 12.7. The number of esters is 1. The minimum absolute atomic E-state index is 0.214. The Labute approximate surface area is 179 Å². The molecule has 30 heavy (non-hydrogen) atoms. The monoisotopic (exact) mass is 434 g/mol. The van der Waals surface area contributed by atoms with E-state index in [9.17, 15) is 9.59 Å². The third-order valence-electron chi connectivity index (χ3n) is 4.07. The molecule has 3 heterocycles. The molecule has 0 saturated carbocycles. The number of aromatic nitrogens is 2. The second-order valence-corrected chi connectivity index (χ2v) is 7.90. The van der Waals surface area contributed by atoms with Gasteiger partial charge in [-0.1, -0.05) is 24.3 Å². The summed E-state index contributed by atoms with van der Waals surface area (Å²) in [5.41, 5.74) is 1.92. The van der Waals surface area contributed by atoms with Crippen LogP contribution in [0.4, 0.5) is 5.00 Å². The number of hydrogen-bond donors (Lipinski definition) is 1. The van der Waals surface area contributed by atoms with E-state index in [4.69, 9.17) is 10.00 Å². The fraction of sp³-hybridized carbons (Fsp3) is 0.0476. The molecule has 0 saturated heterocycles. The number of amides is 1. The van der Waals surface area contributed by atoms with Gasteiger partial charge >= 0.3 is 5.97 Å². The number of carbonyl (C=O) groups excluding carboxylic acids is 2. The molecule has 0 bridgehead atoms. The van der Waals surface area contributed by atoms with Crippen LogP contribution in [0.25, 0.3) is 16.3 Å². The van der Waals surface area contributed by atoms with Gasteiger partial charge in [0.05, 0.1) is 16.1 Å². The third kappa shape index (κ3) is 4.15.